The van der Waals surface area contributed by atoms with Crippen LogP contribution in [0.25, 0.3) is 0 Å². The summed E-state index contributed by atoms with van der Waals surface area (Å²) in [6.07, 6.45) is 2.05. The van der Waals surface area contributed by atoms with Gasteiger partial charge in [-0.1, -0.05) is 6.07 Å². The molecular weight excluding hydrogens is 240 g/mol. The van der Waals surface area contributed by atoms with Crippen molar-refractivity contribution < 1.29 is 8.78 Å². The van der Waals surface area contributed by atoms with Gasteiger partial charge in [0.1, 0.15) is 11.6 Å². The molecule has 0 aliphatic rings. The summed E-state index contributed by atoms with van der Waals surface area (Å²) in [6.45, 7) is 6.90. The van der Waals surface area contributed by atoms with Crippen LogP contribution in [-0.4, -0.2) is 17.5 Å². The molecule has 1 atom stereocenters. The molecule has 96 valence electrons. The minimum absolute atomic E-state index is 0.102. The number of nitrogens with one attached hydrogen (secondary N) is 1. The third-order valence-electron chi connectivity index (χ3n) is 2.82. The van der Waals surface area contributed by atoms with Gasteiger partial charge in [0.15, 0.2) is 0 Å². The Morgan fingerprint density at radius 1 is 1.35 bits per heavy atom. The predicted octanol–water partition coefficient (Wildman–Crippen LogP) is 3.76. The van der Waals surface area contributed by atoms with Crippen molar-refractivity contribution in [2.75, 3.05) is 12.8 Å². The van der Waals surface area contributed by atoms with Crippen LogP contribution in [0, 0.1) is 11.6 Å². The summed E-state index contributed by atoms with van der Waals surface area (Å²) >= 11 is 1.75. The summed E-state index contributed by atoms with van der Waals surface area (Å²) in [7, 11) is 0. The molecule has 1 N–H and O–H groups in total. The second kappa shape index (κ2) is 5.83. The van der Waals surface area contributed by atoms with Crippen LogP contribution in [0.3, 0.4) is 0 Å². The zero-order valence-electron chi connectivity index (χ0n) is 10.7. The molecule has 17 heavy (non-hydrogen) atoms. The first kappa shape index (κ1) is 14.5. The molecule has 0 aliphatic heterocycles. The van der Waals surface area contributed by atoms with Gasteiger partial charge in [0, 0.05) is 29.0 Å². The maximum absolute atomic E-state index is 13.5. The zero-order chi connectivity index (χ0) is 13.1. The Bertz CT molecular complexity index is 380. The molecule has 0 amide bonds. The van der Waals surface area contributed by atoms with Gasteiger partial charge in [0.25, 0.3) is 0 Å². The van der Waals surface area contributed by atoms with Crippen LogP contribution in [-0.2, 0) is 0 Å². The molecule has 0 bridgehead atoms. The fraction of sp³-hybridized carbons (Fsp3) is 0.538. The van der Waals surface area contributed by atoms with Gasteiger partial charge < -0.3 is 5.32 Å². The molecule has 1 aromatic carbocycles. The quantitative estimate of drug-likeness (QED) is 0.864. The summed E-state index contributed by atoms with van der Waals surface area (Å²) in [5, 5.41) is 3.27. The fourth-order valence-electron chi connectivity index (χ4n) is 1.43. The molecule has 1 unspecified atom stereocenters. The minimum Gasteiger partial charge on any atom is -0.309 e. The molecule has 1 rings (SSSR count). The molecular formula is C13H19F2NS. The zero-order valence-corrected chi connectivity index (χ0v) is 11.5. The lowest BCUT2D eigenvalue weighted by Crippen LogP contribution is -2.33. The van der Waals surface area contributed by atoms with Crippen LogP contribution in [0.1, 0.15) is 32.4 Å². The van der Waals surface area contributed by atoms with Gasteiger partial charge in [-0.2, -0.15) is 11.8 Å². The highest BCUT2D eigenvalue weighted by Crippen LogP contribution is 2.22. The average Bonchev–Trinajstić information content (AvgIpc) is 2.26. The van der Waals surface area contributed by atoms with Crippen molar-refractivity contribution in [3.63, 3.8) is 0 Å². The summed E-state index contributed by atoms with van der Waals surface area (Å²) in [5.74, 6) is -1.03. The Labute approximate surface area is 106 Å². The van der Waals surface area contributed by atoms with E-state index < -0.39 is 11.6 Å². The normalized spacial score (nSPS) is 13.8. The SMILES string of the molecule is CSC(C)(C)CNC(C)c1ccc(F)cc1F. The number of halogens is 2. The van der Waals surface area contributed by atoms with Gasteiger partial charge in [0.05, 0.1) is 0 Å². The third-order valence-corrected chi connectivity index (χ3v) is 4.07. The molecule has 0 spiro atoms. The molecule has 0 saturated heterocycles. The lowest BCUT2D eigenvalue weighted by Gasteiger charge is -2.25. The Balaban J connectivity index is 2.67. The van der Waals surface area contributed by atoms with Gasteiger partial charge in [-0.25, -0.2) is 8.78 Å². The molecule has 1 aromatic rings. The molecule has 0 saturated carbocycles. The van der Waals surface area contributed by atoms with Crippen LogP contribution >= 0.6 is 11.8 Å². The van der Waals surface area contributed by atoms with Crippen LogP contribution in [0.2, 0.25) is 0 Å². The van der Waals surface area contributed by atoms with Crippen LogP contribution in [0.15, 0.2) is 18.2 Å². The Hall–Kier alpha value is -0.610. The average molecular weight is 259 g/mol. The fourth-order valence-corrected chi connectivity index (χ4v) is 1.66. The predicted molar refractivity (Wildman–Crippen MR) is 70.4 cm³/mol. The van der Waals surface area contributed by atoms with Gasteiger partial charge >= 0.3 is 0 Å². The molecule has 0 aliphatic carbocycles. The van der Waals surface area contributed by atoms with Crippen LogP contribution < -0.4 is 5.32 Å². The monoisotopic (exact) mass is 259 g/mol. The van der Waals surface area contributed by atoms with Crippen molar-refractivity contribution in [1.29, 1.82) is 0 Å². The Morgan fingerprint density at radius 3 is 2.53 bits per heavy atom. The van der Waals surface area contributed by atoms with E-state index in [1.807, 2.05) is 13.2 Å². The van der Waals surface area contributed by atoms with Crippen molar-refractivity contribution in [3.05, 3.63) is 35.4 Å². The van der Waals surface area contributed by atoms with Crippen molar-refractivity contribution in [2.45, 2.75) is 31.6 Å². The number of hydrogen-bond acceptors (Lipinski definition) is 2. The molecule has 4 heteroatoms. The first-order chi connectivity index (χ1) is 7.85. The van der Waals surface area contributed by atoms with E-state index in [1.54, 1.807) is 11.8 Å². The highest BCUT2D eigenvalue weighted by molar-refractivity contribution is 7.99. The maximum Gasteiger partial charge on any atom is 0.130 e. The summed E-state index contributed by atoms with van der Waals surface area (Å²) < 4.78 is 26.4. The molecule has 0 heterocycles. The second-order valence-corrected chi connectivity index (χ2v) is 6.25. The van der Waals surface area contributed by atoms with Gasteiger partial charge in [-0.05, 0) is 33.1 Å². The van der Waals surface area contributed by atoms with E-state index in [-0.39, 0.29) is 10.8 Å². The number of rotatable bonds is 5. The molecule has 0 radical (unpaired) electrons. The smallest absolute Gasteiger partial charge is 0.130 e. The van der Waals surface area contributed by atoms with Gasteiger partial charge in [-0.15, -0.1) is 0 Å². The summed E-state index contributed by atoms with van der Waals surface area (Å²) in [6, 6.07) is 3.58. The van der Waals surface area contributed by atoms with Crippen LogP contribution in [0.5, 0.6) is 0 Å². The van der Waals surface area contributed by atoms with E-state index >= 15 is 0 Å². The number of thioether (sulfide) groups is 1. The van der Waals surface area contributed by atoms with Crippen molar-refractivity contribution in [1.82, 2.24) is 5.32 Å². The molecule has 0 aromatic heterocycles. The molecule has 0 fully saturated rings. The van der Waals surface area contributed by atoms with Gasteiger partial charge in [0.2, 0.25) is 0 Å². The third kappa shape index (κ3) is 4.28. The summed E-state index contributed by atoms with van der Waals surface area (Å²) in [4.78, 5) is 0. The largest absolute Gasteiger partial charge is 0.309 e. The Morgan fingerprint density at radius 2 is 2.00 bits per heavy atom. The maximum atomic E-state index is 13.5. The Kier molecular flexibility index (Phi) is 4.95. The van der Waals surface area contributed by atoms with E-state index in [0.717, 1.165) is 12.6 Å². The van der Waals surface area contributed by atoms with E-state index in [9.17, 15) is 8.78 Å². The topological polar surface area (TPSA) is 12.0 Å². The van der Waals surface area contributed by atoms with E-state index in [1.165, 1.54) is 12.1 Å². The number of hydrogen-bond donors (Lipinski definition) is 1. The standard InChI is InChI=1S/C13H19F2NS/c1-9(16-8-13(2,3)17-4)11-6-5-10(14)7-12(11)15/h5-7,9,16H,8H2,1-4H3. The second-order valence-electron chi connectivity index (χ2n) is 4.73. The van der Waals surface area contributed by atoms with Crippen LogP contribution in [0.4, 0.5) is 8.78 Å². The van der Waals surface area contributed by atoms with Crippen molar-refractivity contribution in [3.8, 4) is 0 Å². The highest BCUT2D eigenvalue weighted by Gasteiger charge is 2.18. The number of benzene rings is 1. The van der Waals surface area contributed by atoms with E-state index in [4.69, 9.17) is 0 Å². The van der Waals surface area contributed by atoms with Crippen molar-refractivity contribution in [2.24, 2.45) is 0 Å². The first-order valence-corrected chi connectivity index (χ1v) is 6.81. The lowest BCUT2D eigenvalue weighted by molar-refractivity contribution is 0.493. The van der Waals surface area contributed by atoms with Gasteiger partial charge in [-0.3, -0.25) is 0 Å². The summed E-state index contributed by atoms with van der Waals surface area (Å²) in [5.41, 5.74) is 0.503. The molecule has 1 nitrogen and oxygen atoms in total. The minimum atomic E-state index is -0.539. The van der Waals surface area contributed by atoms with E-state index in [0.29, 0.717) is 5.56 Å². The highest BCUT2D eigenvalue weighted by atomic mass is 32.2. The first-order valence-electron chi connectivity index (χ1n) is 5.59. The van der Waals surface area contributed by atoms with E-state index in [2.05, 4.69) is 19.2 Å². The lowest BCUT2D eigenvalue weighted by atomic mass is 10.1. The van der Waals surface area contributed by atoms with Crippen molar-refractivity contribution >= 4 is 11.8 Å².